The summed E-state index contributed by atoms with van der Waals surface area (Å²) in [5.41, 5.74) is 0. The number of hydrogen-bond acceptors (Lipinski definition) is 1. The summed E-state index contributed by atoms with van der Waals surface area (Å²) in [6.07, 6.45) is 2.61. The van der Waals surface area contributed by atoms with Gasteiger partial charge < -0.3 is 4.79 Å². The summed E-state index contributed by atoms with van der Waals surface area (Å²) in [7, 11) is 0. The summed E-state index contributed by atoms with van der Waals surface area (Å²) in [4.78, 5) is 9.40. The number of unbranched alkanes of at least 4 members (excludes halogenated alkanes) is 1. The molecule has 0 aliphatic heterocycles. The van der Waals surface area contributed by atoms with Gasteiger partial charge in [0.15, 0.2) is 0 Å². The zero-order valence-electron chi connectivity index (χ0n) is 3.90. The van der Waals surface area contributed by atoms with Crippen molar-refractivity contribution in [3.63, 3.8) is 0 Å². The van der Waals surface area contributed by atoms with Crippen LogP contribution in [0.25, 0.3) is 0 Å². The SMILES string of the molecule is CCCC=O.[GeH4].[Ti]. The van der Waals surface area contributed by atoms with Crippen LogP contribution in [-0.2, 0) is 26.5 Å². The third kappa shape index (κ3) is 19.6. The molecule has 0 aliphatic carbocycles. The van der Waals surface area contributed by atoms with E-state index in [9.17, 15) is 4.79 Å². The Morgan fingerprint density at radius 1 is 1.57 bits per heavy atom. The van der Waals surface area contributed by atoms with E-state index in [4.69, 9.17) is 0 Å². The van der Waals surface area contributed by atoms with Crippen molar-refractivity contribution in [1.29, 1.82) is 0 Å². The standard InChI is InChI=1S/C4H8O.GeH4.Ti/c1-2-3-4-5;;/h4H,2-3H2,1H3;1H4;. The van der Waals surface area contributed by atoms with Gasteiger partial charge in [-0.25, -0.2) is 0 Å². The zero-order valence-corrected chi connectivity index (χ0v) is 5.46. The number of aldehydes is 1. The molecule has 0 unspecified atom stereocenters. The minimum atomic E-state index is 0. The van der Waals surface area contributed by atoms with E-state index < -0.39 is 0 Å². The molecule has 0 amide bonds. The number of carbonyl (C=O) groups excluding carboxylic acids is 1. The molecule has 0 atom stereocenters. The molecular weight excluding hydrogens is 185 g/mol. The molecule has 0 bridgehead atoms. The van der Waals surface area contributed by atoms with E-state index in [1.807, 2.05) is 6.92 Å². The van der Waals surface area contributed by atoms with E-state index in [0.717, 1.165) is 12.7 Å². The Bertz CT molecular complexity index is 32.9. The number of carbonyl (C=O) groups is 1. The molecule has 0 aliphatic rings. The van der Waals surface area contributed by atoms with Crippen molar-refractivity contribution in [2.24, 2.45) is 0 Å². The third-order valence-electron chi connectivity index (χ3n) is 0.407. The minimum Gasteiger partial charge on any atom is 0 e. The van der Waals surface area contributed by atoms with Crippen molar-refractivity contribution in [2.45, 2.75) is 19.8 Å². The van der Waals surface area contributed by atoms with Crippen LogP contribution < -0.4 is 0 Å². The van der Waals surface area contributed by atoms with Crippen LogP contribution in [-0.4, -0.2) is 23.9 Å². The van der Waals surface area contributed by atoms with E-state index in [0.29, 0.717) is 6.42 Å². The van der Waals surface area contributed by atoms with Crippen LogP contribution in [0, 0.1) is 0 Å². The molecule has 0 saturated heterocycles. The van der Waals surface area contributed by atoms with Crippen molar-refractivity contribution >= 4 is 23.9 Å². The van der Waals surface area contributed by atoms with Gasteiger partial charge in [-0.05, 0) is 6.42 Å². The first kappa shape index (κ1) is 15.7. The van der Waals surface area contributed by atoms with E-state index in [1.54, 1.807) is 0 Å². The van der Waals surface area contributed by atoms with Gasteiger partial charge in [-0.2, -0.15) is 0 Å². The molecule has 0 radical (unpaired) electrons. The van der Waals surface area contributed by atoms with E-state index in [2.05, 4.69) is 0 Å². The Morgan fingerprint density at radius 3 is 2.00 bits per heavy atom. The normalized spacial score (nSPS) is 5.29. The fraction of sp³-hybridized carbons (Fsp3) is 0.750. The van der Waals surface area contributed by atoms with Gasteiger partial charge in [0.25, 0.3) is 0 Å². The number of hydrogen-bond donors (Lipinski definition) is 0. The maximum atomic E-state index is 9.40. The van der Waals surface area contributed by atoms with Crippen molar-refractivity contribution in [3.8, 4) is 0 Å². The van der Waals surface area contributed by atoms with E-state index in [1.165, 1.54) is 0 Å². The van der Waals surface area contributed by atoms with Gasteiger partial charge in [-0.3, -0.25) is 0 Å². The van der Waals surface area contributed by atoms with Crippen LogP contribution >= 0.6 is 0 Å². The van der Waals surface area contributed by atoms with Gasteiger partial charge in [0, 0.05) is 28.1 Å². The van der Waals surface area contributed by atoms with Crippen molar-refractivity contribution < 1.29 is 26.5 Å². The Hall–Kier alpha value is 0.927. The maximum absolute atomic E-state index is 9.40. The summed E-state index contributed by atoms with van der Waals surface area (Å²) < 4.78 is 0. The van der Waals surface area contributed by atoms with Gasteiger partial charge in [0.1, 0.15) is 6.29 Å². The molecule has 0 N–H and O–H groups in total. The molecule has 0 rings (SSSR count). The largest absolute Gasteiger partial charge is 0 e. The van der Waals surface area contributed by atoms with Crippen LogP contribution in [0.4, 0.5) is 0 Å². The Balaban J connectivity index is -0.0000000800. The van der Waals surface area contributed by atoms with Crippen molar-refractivity contribution in [2.75, 3.05) is 0 Å². The first-order valence-corrected chi connectivity index (χ1v) is 1.85. The Morgan fingerprint density at radius 2 is 2.00 bits per heavy atom. The van der Waals surface area contributed by atoms with Crippen LogP contribution in [0.1, 0.15) is 19.8 Å². The predicted molar refractivity (Wildman–Crippen MR) is 32.3 cm³/mol. The summed E-state index contributed by atoms with van der Waals surface area (Å²) in [5.74, 6) is 0. The van der Waals surface area contributed by atoms with Gasteiger partial charge in [0.05, 0.1) is 0 Å². The van der Waals surface area contributed by atoms with Gasteiger partial charge in [-0.15, -0.1) is 0 Å². The molecule has 1 nitrogen and oxygen atoms in total. The molecule has 0 aromatic rings. The van der Waals surface area contributed by atoms with Gasteiger partial charge >= 0.3 is 17.6 Å². The zero-order chi connectivity index (χ0) is 4.12. The molecule has 0 spiro atoms. The third-order valence-corrected chi connectivity index (χ3v) is 0.407. The molecule has 0 aromatic carbocycles. The second-order valence-electron chi connectivity index (χ2n) is 0.955. The second kappa shape index (κ2) is 15.8. The average molecular weight is 197 g/mol. The van der Waals surface area contributed by atoms with E-state index >= 15 is 0 Å². The maximum Gasteiger partial charge on any atom is 0 e. The second-order valence-corrected chi connectivity index (χ2v) is 0.955. The minimum absolute atomic E-state index is 0. The van der Waals surface area contributed by atoms with Crippen LogP contribution in [0.3, 0.4) is 0 Å². The first-order valence-electron chi connectivity index (χ1n) is 1.85. The Labute approximate surface area is 70.1 Å². The van der Waals surface area contributed by atoms with Crippen molar-refractivity contribution in [1.82, 2.24) is 0 Å². The Kier molecular flexibility index (Phi) is 35.3. The van der Waals surface area contributed by atoms with Crippen LogP contribution in [0.15, 0.2) is 0 Å². The fourth-order valence-corrected chi connectivity index (χ4v) is 0.118. The molecule has 3 heteroatoms. The van der Waals surface area contributed by atoms with Gasteiger partial charge in [0.2, 0.25) is 0 Å². The summed E-state index contributed by atoms with van der Waals surface area (Å²) in [5, 5.41) is 0. The molecule has 42 valence electrons. The molecule has 0 fully saturated rings. The smallest absolute Gasteiger partial charge is 0 e. The molecule has 0 aromatic heterocycles. The van der Waals surface area contributed by atoms with Crippen LogP contribution in [0.2, 0.25) is 0 Å². The predicted octanol–water partition coefficient (Wildman–Crippen LogP) is -0.469. The monoisotopic (exact) mass is 198 g/mol. The number of rotatable bonds is 2. The summed E-state index contributed by atoms with van der Waals surface area (Å²) >= 11 is 0. The van der Waals surface area contributed by atoms with Crippen LogP contribution in [0.5, 0.6) is 0 Å². The molecular formula is C4H12GeOTi. The topological polar surface area (TPSA) is 17.1 Å². The quantitative estimate of drug-likeness (QED) is 0.431. The average Bonchev–Trinajstić information content (AvgIpc) is 1.41. The first-order chi connectivity index (χ1) is 2.41. The summed E-state index contributed by atoms with van der Waals surface area (Å²) in [6, 6.07) is 0. The molecule has 0 saturated carbocycles. The van der Waals surface area contributed by atoms with Gasteiger partial charge in [-0.1, -0.05) is 6.92 Å². The van der Waals surface area contributed by atoms with E-state index in [-0.39, 0.29) is 39.3 Å². The summed E-state index contributed by atoms with van der Waals surface area (Å²) in [6.45, 7) is 1.98. The molecule has 7 heavy (non-hydrogen) atoms. The molecule has 0 heterocycles. The fourth-order valence-electron chi connectivity index (χ4n) is 0.118. The van der Waals surface area contributed by atoms with Crippen molar-refractivity contribution in [3.05, 3.63) is 0 Å².